The van der Waals surface area contributed by atoms with E-state index < -0.39 is 11.7 Å². The second-order valence-electron chi connectivity index (χ2n) is 4.36. The molecule has 0 unspecified atom stereocenters. The highest BCUT2D eigenvalue weighted by Gasteiger charge is 2.25. The van der Waals surface area contributed by atoms with E-state index in [-0.39, 0.29) is 11.7 Å². The molecule has 0 bridgehead atoms. The van der Waals surface area contributed by atoms with Gasteiger partial charge in [-0.25, -0.2) is 14.1 Å². The lowest BCUT2D eigenvalue weighted by Crippen LogP contribution is -2.29. The van der Waals surface area contributed by atoms with Gasteiger partial charge in [-0.2, -0.15) is 5.10 Å². The van der Waals surface area contributed by atoms with Crippen LogP contribution in [0.4, 0.5) is 4.39 Å². The van der Waals surface area contributed by atoms with Gasteiger partial charge in [0, 0.05) is 7.05 Å². The van der Waals surface area contributed by atoms with Crippen molar-refractivity contribution in [2.24, 2.45) is 0 Å². The summed E-state index contributed by atoms with van der Waals surface area (Å²) in [4.78, 5) is 16.9. The summed E-state index contributed by atoms with van der Waals surface area (Å²) in [7, 11) is 2.77. The maximum absolute atomic E-state index is 13.8. The van der Waals surface area contributed by atoms with Crippen molar-refractivity contribution in [3.8, 4) is 0 Å². The van der Waals surface area contributed by atoms with Crippen LogP contribution < -0.4 is 0 Å². The SMILES string of the molecule is CON(C)C(=O)c1c(F)cnn1[C@H](C)c1ccccc1. The lowest BCUT2D eigenvalue weighted by atomic mass is 10.1. The summed E-state index contributed by atoms with van der Waals surface area (Å²) in [6.45, 7) is 1.85. The Hall–Kier alpha value is -2.21. The van der Waals surface area contributed by atoms with Crippen LogP contribution in [0.15, 0.2) is 36.5 Å². The number of amides is 1. The summed E-state index contributed by atoms with van der Waals surface area (Å²) < 4.78 is 15.2. The van der Waals surface area contributed by atoms with Crippen molar-refractivity contribution >= 4 is 5.91 Å². The molecule has 1 aromatic carbocycles. The summed E-state index contributed by atoms with van der Waals surface area (Å²) in [6.07, 6.45) is 1.04. The first-order valence-corrected chi connectivity index (χ1v) is 6.16. The minimum Gasteiger partial charge on any atom is -0.274 e. The minimum atomic E-state index is -0.665. The van der Waals surface area contributed by atoms with E-state index >= 15 is 0 Å². The molecule has 0 saturated carbocycles. The van der Waals surface area contributed by atoms with Crippen molar-refractivity contribution in [2.75, 3.05) is 14.2 Å². The van der Waals surface area contributed by atoms with Gasteiger partial charge in [-0.15, -0.1) is 0 Å². The largest absolute Gasteiger partial charge is 0.298 e. The van der Waals surface area contributed by atoms with Crippen LogP contribution in [0.2, 0.25) is 0 Å². The van der Waals surface area contributed by atoms with Gasteiger partial charge in [-0.05, 0) is 12.5 Å². The van der Waals surface area contributed by atoms with Gasteiger partial charge >= 0.3 is 0 Å². The minimum absolute atomic E-state index is 0.120. The molecule has 1 atom stereocenters. The van der Waals surface area contributed by atoms with Crippen LogP contribution in [-0.2, 0) is 4.84 Å². The predicted octanol–water partition coefficient (Wildman–Crippen LogP) is 2.26. The second-order valence-corrected chi connectivity index (χ2v) is 4.36. The zero-order valence-corrected chi connectivity index (χ0v) is 11.6. The first-order chi connectivity index (χ1) is 9.56. The van der Waals surface area contributed by atoms with Gasteiger partial charge in [0.15, 0.2) is 11.5 Å². The third-order valence-corrected chi connectivity index (χ3v) is 3.16. The van der Waals surface area contributed by atoms with E-state index in [1.165, 1.54) is 18.8 Å². The summed E-state index contributed by atoms with van der Waals surface area (Å²) >= 11 is 0. The number of benzene rings is 1. The monoisotopic (exact) mass is 277 g/mol. The van der Waals surface area contributed by atoms with Crippen LogP contribution in [0, 0.1) is 5.82 Å². The molecule has 0 aliphatic heterocycles. The highest BCUT2D eigenvalue weighted by Crippen LogP contribution is 2.21. The second kappa shape index (κ2) is 5.83. The number of carbonyl (C=O) groups excluding carboxylic acids is 1. The molecule has 0 fully saturated rings. The van der Waals surface area contributed by atoms with Crippen molar-refractivity contribution in [2.45, 2.75) is 13.0 Å². The van der Waals surface area contributed by atoms with E-state index in [4.69, 9.17) is 4.84 Å². The molecule has 5 nitrogen and oxygen atoms in total. The van der Waals surface area contributed by atoms with Gasteiger partial charge in [-0.3, -0.25) is 9.63 Å². The van der Waals surface area contributed by atoms with E-state index in [1.54, 1.807) is 0 Å². The van der Waals surface area contributed by atoms with Crippen molar-refractivity contribution < 1.29 is 14.0 Å². The van der Waals surface area contributed by atoms with Gasteiger partial charge in [-0.1, -0.05) is 30.3 Å². The normalized spacial score (nSPS) is 12.2. The molecule has 1 amide bonds. The van der Waals surface area contributed by atoms with E-state index in [0.717, 1.165) is 16.8 Å². The Labute approximate surface area is 116 Å². The number of aromatic nitrogens is 2. The lowest BCUT2D eigenvalue weighted by Gasteiger charge is -2.18. The van der Waals surface area contributed by atoms with Gasteiger partial charge in [0.25, 0.3) is 5.91 Å². The zero-order valence-electron chi connectivity index (χ0n) is 11.6. The highest BCUT2D eigenvalue weighted by molar-refractivity contribution is 5.92. The molecule has 1 heterocycles. The quantitative estimate of drug-likeness (QED) is 0.805. The fraction of sp³-hybridized carbons (Fsp3) is 0.286. The van der Waals surface area contributed by atoms with Gasteiger partial charge in [0.05, 0.1) is 19.3 Å². The van der Waals surface area contributed by atoms with Crippen LogP contribution in [-0.4, -0.2) is 34.9 Å². The molecule has 0 aliphatic carbocycles. The van der Waals surface area contributed by atoms with E-state index in [9.17, 15) is 9.18 Å². The summed E-state index contributed by atoms with van der Waals surface area (Å²) in [5.41, 5.74) is 0.815. The van der Waals surface area contributed by atoms with Gasteiger partial charge in [0.1, 0.15) is 0 Å². The molecule has 1 aromatic heterocycles. The number of nitrogens with zero attached hydrogens (tertiary/aromatic N) is 3. The van der Waals surface area contributed by atoms with Crippen LogP contribution in [0.1, 0.15) is 29.0 Å². The lowest BCUT2D eigenvalue weighted by molar-refractivity contribution is -0.0766. The number of hydroxylamine groups is 2. The molecule has 0 radical (unpaired) electrons. The average Bonchev–Trinajstić information content (AvgIpc) is 2.87. The molecule has 2 aromatic rings. The van der Waals surface area contributed by atoms with E-state index in [2.05, 4.69) is 5.10 Å². The van der Waals surface area contributed by atoms with Crippen molar-refractivity contribution in [1.29, 1.82) is 0 Å². The topological polar surface area (TPSA) is 47.4 Å². The van der Waals surface area contributed by atoms with Crippen molar-refractivity contribution in [1.82, 2.24) is 14.8 Å². The predicted molar refractivity (Wildman–Crippen MR) is 71.5 cm³/mol. The van der Waals surface area contributed by atoms with Crippen molar-refractivity contribution in [3.05, 3.63) is 53.6 Å². The van der Waals surface area contributed by atoms with Crippen molar-refractivity contribution in [3.63, 3.8) is 0 Å². The third-order valence-electron chi connectivity index (χ3n) is 3.16. The van der Waals surface area contributed by atoms with Gasteiger partial charge < -0.3 is 0 Å². The smallest absolute Gasteiger partial charge is 0.274 e. The number of hydrogen-bond donors (Lipinski definition) is 0. The average molecular weight is 277 g/mol. The fourth-order valence-electron chi connectivity index (χ4n) is 1.94. The van der Waals surface area contributed by atoms with Crippen LogP contribution >= 0.6 is 0 Å². The first kappa shape index (κ1) is 14.2. The summed E-state index contributed by atoms with van der Waals surface area (Å²) in [5, 5.41) is 4.93. The highest BCUT2D eigenvalue weighted by atomic mass is 19.1. The maximum Gasteiger partial charge on any atom is 0.298 e. The van der Waals surface area contributed by atoms with E-state index in [1.807, 2.05) is 37.3 Å². The Kier molecular flexibility index (Phi) is 4.14. The molecule has 0 N–H and O–H groups in total. The standard InChI is InChI=1S/C14H16FN3O2/c1-10(11-7-5-4-6-8-11)18-13(12(15)9-16-18)14(19)17(2)20-3/h4-10H,1-3H3/t10-/m1/s1. The molecule has 106 valence electrons. The number of hydrogen-bond acceptors (Lipinski definition) is 3. The summed E-state index contributed by atoms with van der Waals surface area (Å²) in [5.74, 6) is -1.24. The number of carbonyl (C=O) groups is 1. The Balaban J connectivity index is 2.41. The Morgan fingerprint density at radius 1 is 1.40 bits per heavy atom. The molecule has 20 heavy (non-hydrogen) atoms. The Morgan fingerprint density at radius 2 is 2.05 bits per heavy atom. The molecule has 6 heteroatoms. The number of halogens is 1. The molecule has 2 rings (SSSR count). The Bertz CT molecular complexity index is 598. The molecule has 0 aliphatic rings. The van der Waals surface area contributed by atoms with Crippen LogP contribution in [0.25, 0.3) is 0 Å². The molecular formula is C14H16FN3O2. The van der Waals surface area contributed by atoms with Crippen LogP contribution in [0.5, 0.6) is 0 Å². The Morgan fingerprint density at radius 3 is 2.65 bits per heavy atom. The molecule has 0 saturated heterocycles. The number of rotatable bonds is 4. The fourth-order valence-corrected chi connectivity index (χ4v) is 1.94. The molecular weight excluding hydrogens is 261 g/mol. The third kappa shape index (κ3) is 2.55. The van der Waals surface area contributed by atoms with E-state index in [0.29, 0.717) is 0 Å². The maximum atomic E-state index is 13.8. The zero-order chi connectivity index (χ0) is 14.7. The summed E-state index contributed by atoms with van der Waals surface area (Å²) in [6, 6.07) is 9.20. The van der Waals surface area contributed by atoms with Crippen LogP contribution in [0.3, 0.4) is 0 Å². The molecule has 0 spiro atoms. The van der Waals surface area contributed by atoms with Gasteiger partial charge in [0.2, 0.25) is 0 Å². The first-order valence-electron chi connectivity index (χ1n) is 6.16.